The summed E-state index contributed by atoms with van der Waals surface area (Å²) in [4.78, 5) is 35.8. The number of benzene rings is 3. The molecule has 1 fully saturated rings. The zero-order valence-corrected chi connectivity index (χ0v) is 29.5. The maximum absolute atomic E-state index is 15.3. The number of imidazole rings is 1. The van der Waals surface area contributed by atoms with Crippen molar-refractivity contribution >= 4 is 60.9 Å². The molecule has 2 aromatic heterocycles. The van der Waals surface area contributed by atoms with Crippen LogP contribution in [0.15, 0.2) is 79.1 Å². The number of aliphatic hydroxyl groups is 1. The number of anilines is 1. The first kappa shape index (κ1) is 36.8. The molecule has 0 aliphatic carbocycles. The number of halogens is 2. The van der Waals surface area contributed by atoms with Crippen LogP contribution in [0.1, 0.15) is 25.6 Å². The highest BCUT2D eigenvalue weighted by Crippen LogP contribution is 2.61. The molecule has 0 saturated carbocycles. The lowest BCUT2D eigenvalue weighted by molar-refractivity contribution is -0.151. The van der Waals surface area contributed by atoms with Crippen LogP contribution in [0.2, 0.25) is 5.28 Å². The van der Waals surface area contributed by atoms with E-state index in [1.165, 1.54) is 19.9 Å². The van der Waals surface area contributed by atoms with E-state index in [0.717, 1.165) is 10.9 Å². The van der Waals surface area contributed by atoms with Crippen LogP contribution in [-0.2, 0) is 38.8 Å². The van der Waals surface area contributed by atoms with Crippen molar-refractivity contribution in [1.82, 2.24) is 24.6 Å². The van der Waals surface area contributed by atoms with Crippen molar-refractivity contribution in [2.75, 3.05) is 12.3 Å². The molecule has 6 atom stereocenters. The van der Waals surface area contributed by atoms with Crippen LogP contribution in [0, 0.1) is 0 Å². The number of ether oxygens (including phenoxy) is 2. The van der Waals surface area contributed by atoms with Gasteiger partial charge in [-0.05, 0) is 42.5 Å². The number of aliphatic hydroxyl groups excluding tert-OH is 1. The average Bonchev–Trinajstić information content (AvgIpc) is 3.62. The van der Waals surface area contributed by atoms with Gasteiger partial charge in [0.15, 0.2) is 23.9 Å². The van der Waals surface area contributed by atoms with Gasteiger partial charge in [0.1, 0.15) is 35.6 Å². The number of nitrogens with one attached hydrogen (secondary N) is 1. The second-order valence-electron chi connectivity index (χ2n) is 11.9. The van der Waals surface area contributed by atoms with Gasteiger partial charge in [-0.2, -0.15) is 19.4 Å². The minimum Gasteiger partial charge on any atom is -0.459 e. The molecule has 0 spiro atoms. The second-order valence-corrected chi connectivity index (χ2v) is 15.5. The highest BCUT2D eigenvalue weighted by Gasteiger charge is 2.49. The van der Waals surface area contributed by atoms with E-state index in [2.05, 4.69) is 20.0 Å². The number of phosphoric ester groups is 1. The first-order chi connectivity index (χ1) is 24.1. The van der Waals surface area contributed by atoms with Crippen LogP contribution in [0.4, 0.5) is 10.2 Å². The van der Waals surface area contributed by atoms with E-state index < -0.39 is 58.3 Å². The van der Waals surface area contributed by atoms with Gasteiger partial charge in [-0.3, -0.25) is 13.9 Å². The van der Waals surface area contributed by atoms with E-state index in [1.807, 2.05) is 0 Å². The zero-order chi connectivity index (χ0) is 36.6. The topological polar surface area (TPSA) is 219 Å². The number of hydrogen-bond donors (Lipinski definition) is 4. The number of nitrogens with zero attached hydrogens (tertiary/aromatic N) is 4. The van der Waals surface area contributed by atoms with E-state index >= 15 is 4.39 Å². The molecule has 0 amide bonds. The highest BCUT2D eigenvalue weighted by atomic mass is 35.5. The lowest BCUT2D eigenvalue weighted by Gasteiger charge is -2.30. The van der Waals surface area contributed by atoms with Crippen molar-refractivity contribution < 1.29 is 51.1 Å². The molecule has 6 unspecified atom stereocenters. The number of carbonyl (C=O) groups is 1. The number of nitrogen functional groups attached to an aromatic ring is 1. The lowest BCUT2D eigenvalue weighted by atomic mass is 10.1. The fourth-order valence-corrected chi connectivity index (χ4v) is 8.56. The number of fused-ring (bicyclic) bond motifs is 2. The summed E-state index contributed by atoms with van der Waals surface area (Å²) in [5, 5.41) is 13.9. The van der Waals surface area contributed by atoms with E-state index in [9.17, 15) is 23.9 Å². The molecular formula is C31H32ClFN6O10P2. The molecule has 20 heteroatoms. The largest absolute Gasteiger partial charge is 0.481 e. The maximum Gasteiger partial charge on any atom is 0.481 e. The molecule has 270 valence electrons. The molecule has 5 N–H and O–H groups in total. The summed E-state index contributed by atoms with van der Waals surface area (Å²) in [6, 6.07) is 20.5. The number of alkyl halides is 1. The molecule has 0 radical (unpaired) electrons. The van der Waals surface area contributed by atoms with E-state index in [-0.39, 0.29) is 34.6 Å². The maximum atomic E-state index is 15.3. The van der Waals surface area contributed by atoms with Gasteiger partial charge in [0.05, 0.1) is 12.9 Å². The summed E-state index contributed by atoms with van der Waals surface area (Å²) in [6.07, 6.45) is -5.91. The molecular weight excluding hydrogens is 733 g/mol. The Labute approximate surface area is 294 Å². The summed E-state index contributed by atoms with van der Waals surface area (Å²) in [5.41, 5.74) is 4.78. The molecule has 51 heavy (non-hydrogen) atoms. The van der Waals surface area contributed by atoms with E-state index in [4.69, 9.17) is 40.2 Å². The van der Waals surface area contributed by atoms with Crippen molar-refractivity contribution in [2.45, 2.75) is 50.6 Å². The molecule has 16 nitrogen and oxygen atoms in total. The van der Waals surface area contributed by atoms with Crippen LogP contribution < -0.4 is 15.3 Å². The molecule has 5 aromatic rings. The Morgan fingerprint density at radius 2 is 1.80 bits per heavy atom. The Morgan fingerprint density at radius 1 is 1.10 bits per heavy atom. The number of nitrogens with two attached hydrogens (primary N) is 1. The standard InChI is InChI=1S/C31H32ClFN6O10P2/c1-31(2,29(41)45-15-18-9-4-3-5-10-18)38-50(42,48-21-14-8-12-19-11-6-7-13-20(19)21)49-51(43,44)46-16-22-25(40)23(33)28(47-22)39-17-35-24-26(34)36-30(32)37-27(24)39/h3-14,17,22-23,25,28,40H,15-16H2,1-2H3,(H,38,42)(H,43,44)(H2,34,36,37). The average molecular weight is 765 g/mol. The van der Waals surface area contributed by atoms with Crippen molar-refractivity contribution in [1.29, 1.82) is 0 Å². The van der Waals surface area contributed by atoms with E-state index in [0.29, 0.717) is 16.3 Å². The third-order valence-corrected chi connectivity index (χ3v) is 11.3. The Morgan fingerprint density at radius 3 is 2.57 bits per heavy atom. The van der Waals surface area contributed by atoms with Gasteiger partial charge in [0.2, 0.25) is 5.28 Å². The summed E-state index contributed by atoms with van der Waals surface area (Å²) in [6.45, 7) is 1.57. The molecule has 1 saturated heterocycles. The van der Waals surface area contributed by atoms with Gasteiger partial charge in [0.25, 0.3) is 0 Å². The van der Waals surface area contributed by atoms with Crippen molar-refractivity contribution in [3.63, 3.8) is 0 Å². The number of aromatic nitrogens is 4. The van der Waals surface area contributed by atoms with Gasteiger partial charge in [0, 0.05) is 5.39 Å². The summed E-state index contributed by atoms with van der Waals surface area (Å²) in [7, 11) is -10.4. The predicted octanol–water partition coefficient (Wildman–Crippen LogP) is 5.24. The van der Waals surface area contributed by atoms with Crippen molar-refractivity contribution in [3.8, 4) is 5.75 Å². The summed E-state index contributed by atoms with van der Waals surface area (Å²) >= 11 is 5.90. The molecule has 6 rings (SSSR count). The fourth-order valence-electron chi connectivity index (χ4n) is 5.25. The predicted molar refractivity (Wildman–Crippen MR) is 182 cm³/mol. The Balaban J connectivity index is 1.20. The molecule has 0 bridgehead atoms. The van der Waals surface area contributed by atoms with Gasteiger partial charge in [-0.25, -0.2) is 18.5 Å². The number of rotatable bonds is 13. The van der Waals surface area contributed by atoms with Crippen LogP contribution >= 0.6 is 27.2 Å². The summed E-state index contributed by atoms with van der Waals surface area (Å²) < 4.78 is 71.2. The monoisotopic (exact) mass is 764 g/mol. The molecule has 1 aliphatic heterocycles. The van der Waals surface area contributed by atoms with Gasteiger partial charge in [-0.15, -0.1) is 0 Å². The van der Waals surface area contributed by atoms with Crippen molar-refractivity contribution in [3.05, 3.63) is 90.0 Å². The molecule has 1 aliphatic rings. The van der Waals surface area contributed by atoms with Crippen LogP contribution in [0.25, 0.3) is 21.9 Å². The van der Waals surface area contributed by atoms with Gasteiger partial charge >= 0.3 is 21.5 Å². The fraction of sp³-hybridized carbons (Fsp3) is 0.290. The Kier molecular flexibility index (Phi) is 10.5. The Bertz CT molecular complexity index is 2160. The zero-order valence-electron chi connectivity index (χ0n) is 26.9. The lowest BCUT2D eigenvalue weighted by Crippen LogP contribution is -2.46. The minimum absolute atomic E-state index is 0.00703. The van der Waals surface area contributed by atoms with Crippen LogP contribution in [0.3, 0.4) is 0 Å². The molecule has 3 heterocycles. The van der Waals surface area contributed by atoms with Crippen molar-refractivity contribution in [2.24, 2.45) is 0 Å². The SMILES string of the molecule is CC(C)(NP(=O)(Oc1cccc2ccccc12)OP(=O)(O)OCC1OC(n2cnc3c(N)nc(Cl)nc32)C(F)C1O)C(=O)OCc1ccccc1. The first-order valence-corrected chi connectivity index (χ1v) is 18.7. The van der Waals surface area contributed by atoms with Gasteiger partial charge < -0.3 is 29.7 Å². The smallest absolute Gasteiger partial charge is 0.459 e. The van der Waals surface area contributed by atoms with Gasteiger partial charge in [-0.1, -0.05) is 66.7 Å². The van der Waals surface area contributed by atoms with Crippen LogP contribution in [0.5, 0.6) is 5.75 Å². The Hall–Kier alpha value is -4.02. The third-order valence-electron chi connectivity index (χ3n) is 7.71. The highest BCUT2D eigenvalue weighted by molar-refractivity contribution is 7.63. The number of carbonyl (C=O) groups excluding carboxylic acids is 1. The third kappa shape index (κ3) is 8.23. The second kappa shape index (κ2) is 14.5. The minimum atomic E-state index is -5.41. The normalized spacial score (nSPS) is 21.7. The molecule has 3 aromatic carbocycles. The summed E-state index contributed by atoms with van der Waals surface area (Å²) in [5.74, 6) is -0.993. The number of phosphoric acid groups is 1. The van der Waals surface area contributed by atoms with E-state index in [1.54, 1.807) is 66.7 Å². The van der Waals surface area contributed by atoms with Crippen LogP contribution in [-0.4, -0.2) is 66.0 Å². The number of hydrogen-bond acceptors (Lipinski definition) is 13. The number of esters is 1. The first-order valence-electron chi connectivity index (χ1n) is 15.2. The quantitative estimate of drug-likeness (QED) is 0.0684.